The molecule has 0 spiro atoms. The summed E-state index contributed by atoms with van der Waals surface area (Å²) >= 11 is 0. The molecule has 1 aromatic rings. The summed E-state index contributed by atoms with van der Waals surface area (Å²) in [6, 6.07) is 6.91. The molecule has 3 N–H and O–H groups in total. The first kappa shape index (κ1) is 19.4. The van der Waals surface area contributed by atoms with E-state index in [4.69, 9.17) is 20.3 Å². The van der Waals surface area contributed by atoms with Gasteiger partial charge in [0, 0.05) is 20.3 Å². The number of rotatable bonds is 11. The van der Waals surface area contributed by atoms with Crippen LogP contribution in [0, 0.1) is 5.92 Å². The molecule has 136 valence electrons. The van der Waals surface area contributed by atoms with E-state index in [0.29, 0.717) is 31.6 Å². The SMILES string of the molecule is COCCOC[C@@H]1CCc2cc([C@H](CN)CCCCO)ccc2C1. The fraction of sp³-hybridized carbons (Fsp3) is 0.700. The number of benzene rings is 1. The molecular weight excluding hydrogens is 302 g/mol. The van der Waals surface area contributed by atoms with Gasteiger partial charge in [0.15, 0.2) is 0 Å². The van der Waals surface area contributed by atoms with E-state index in [0.717, 1.165) is 38.7 Å². The molecule has 4 heteroatoms. The second-order valence-electron chi connectivity index (χ2n) is 6.86. The van der Waals surface area contributed by atoms with Crippen LogP contribution < -0.4 is 5.73 Å². The van der Waals surface area contributed by atoms with Crippen molar-refractivity contribution in [1.82, 2.24) is 0 Å². The minimum atomic E-state index is 0.273. The molecule has 24 heavy (non-hydrogen) atoms. The van der Waals surface area contributed by atoms with E-state index in [2.05, 4.69) is 18.2 Å². The molecule has 2 atom stereocenters. The third kappa shape index (κ3) is 5.85. The van der Waals surface area contributed by atoms with Gasteiger partial charge in [0.05, 0.1) is 13.2 Å². The van der Waals surface area contributed by atoms with Gasteiger partial charge in [-0.15, -0.1) is 0 Å². The zero-order valence-electron chi connectivity index (χ0n) is 15.0. The van der Waals surface area contributed by atoms with Crippen LogP contribution in [0.4, 0.5) is 0 Å². The number of unbranched alkanes of at least 4 members (excludes halogenated alkanes) is 1. The predicted molar refractivity (Wildman–Crippen MR) is 97.4 cm³/mol. The van der Waals surface area contributed by atoms with Gasteiger partial charge in [-0.3, -0.25) is 0 Å². The highest BCUT2D eigenvalue weighted by Gasteiger charge is 2.20. The Morgan fingerprint density at radius 2 is 2.12 bits per heavy atom. The van der Waals surface area contributed by atoms with Crippen molar-refractivity contribution < 1.29 is 14.6 Å². The molecular formula is C20H33NO3. The molecule has 0 radical (unpaired) electrons. The van der Waals surface area contributed by atoms with Crippen molar-refractivity contribution in [3.8, 4) is 0 Å². The van der Waals surface area contributed by atoms with Crippen molar-refractivity contribution in [2.45, 2.75) is 44.4 Å². The lowest BCUT2D eigenvalue weighted by Gasteiger charge is -2.26. The summed E-state index contributed by atoms with van der Waals surface area (Å²) in [6.45, 7) is 3.14. The quantitative estimate of drug-likeness (QED) is 0.610. The largest absolute Gasteiger partial charge is 0.396 e. The molecule has 0 amide bonds. The van der Waals surface area contributed by atoms with Gasteiger partial charge < -0.3 is 20.3 Å². The summed E-state index contributed by atoms with van der Waals surface area (Å²) in [6.07, 6.45) is 6.41. The Labute approximate surface area is 146 Å². The van der Waals surface area contributed by atoms with Crippen LogP contribution in [0.3, 0.4) is 0 Å². The van der Waals surface area contributed by atoms with Crippen LogP contribution in [0.15, 0.2) is 18.2 Å². The van der Waals surface area contributed by atoms with E-state index in [1.807, 2.05) is 0 Å². The molecule has 1 aromatic carbocycles. The Hall–Kier alpha value is -0.940. The molecule has 4 nitrogen and oxygen atoms in total. The van der Waals surface area contributed by atoms with Crippen molar-refractivity contribution in [3.05, 3.63) is 34.9 Å². The molecule has 1 aliphatic rings. The Morgan fingerprint density at radius 3 is 2.88 bits per heavy atom. The minimum Gasteiger partial charge on any atom is -0.396 e. The summed E-state index contributed by atoms with van der Waals surface area (Å²) in [5.74, 6) is 1.03. The van der Waals surface area contributed by atoms with Gasteiger partial charge in [0.25, 0.3) is 0 Å². The Balaban J connectivity index is 1.90. The van der Waals surface area contributed by atoms with Crippen LogP contribution in [-0.2, 0) is 22.3 Å². The number of aryl methyl sites for hydroxylation is 1. The number of aliphatic hydroxyl groups is 1. The topological polar surface area (TPSA) is 64.7 Å². The molecule has 0 unspecified atom stereocenters. The maximum atomic E-state index is 8.95. The van der Waals surface area contributed by atoms with Crippen LogP contribution in [0.25, 0.3) is 0 Å². The Morgan fingerprint density at radius 1 is 1.25 bits per heavy atom. The minimum absolute atomic E-state index is 0.273. The van der Waals surface area contributed by atoms with Crippen LogP contribution in [-0.4, -0.2) is 45.2 Å². The van der Waals surface area contributed by atoms with E-state index in [1.165, 1.54) is 23.1 Å². The number of nitrogens with two attached hydrogens (primary N) is 1. The fourth-order valence-electron chi connectivity index (χ4n) is 3.56. The van der Waals surface area contributed by atoms with Crippen LogP contribution >= 0.6 is 0 Å². The van der Waals surface area contributed by atoms with Crippen LogP contribution in [0.2, 0.25) is 0 Å². The summed E-state index contributed by atoms with van der Waals surface area (Å²) < 4.78 is 10.7. The van der Waals surface area contributed by atoms with Gasteiger partial charge in [0.1, 0.15) is 0 Å². The second kappa shape index (κ2) is 10.8. The highest BCUT2D eigenvalue weighted by molar-refractivity contribution is 5.36. The van der Waals surface area contributed by atoms with Gasteiger partial charge >= 0.3 is 0 Å². The third-order valence-corrected chi connectivity index (χ3v) is 5.06. The Kier molecular flexibility index (Phi) is 8.75. The van der Waals surface area contributed by atoms with Crippen LogP contribution in [0.1, 0.15) is 48.3 Å². The summed E-state index contributed by atoms with van der Waals surface area (Å²) in [4.78, 5) is 0. The van der Waals surface area contributed by atoms with Crippen molar-refractivity contribution >= 4 is 0 Å². The Bertz CT molecular complexity index is 478. The van der Waals surface area contributed by atoms with E-state index in [1.54, 1.807) is 7.11 Å². The zero-order valence-corrected chi connectivity index (χ0v) is 15.0. The molecule has 0 aromatic heterocycles. The molecule has 2 rings (SSSR count). The number of ether oxygens (including phenoxy) is 2. The molecule has 0 saturated heterocycles. The monoisotopic (exact) mass is 335 g/mol. The molecule has 0 bridgehead atoms. The number of hydrogen-bond donors (Lipinski definition) is 2. The standard InChI is InChI=1S/C20H33NO3/c1-23-10-11-24-15-16-5-6-18-13-19(8-7-17(18)12-16)20(14-21)4-2-3-9-22/h7-8,13,16,20,22H,2-6,9-12,14-15,21H2,1H3/t16-,20+/m1/s1. The average molecular weight is 335 g/mol. The summed E-state index contributed by atoms with van der Waals surface area (Å²) in [5.41, 5.74) is 10.3. The fourth-order valence-corrected chi connectivity index (χ4v) is 3.56. The second-order valence-corrected chi connectivity index (χ2v) is 6.86. The maximum Gasteiger partial charge on any atom is 0.0700 e. The average Bonchev–Trinajstić information content (AvgIpc) is 2.62. The summed E-state index contributed by atoms with van der Waals surface area (Å²) in [5, 5.41) is 8.95. The smallest absolute Gasteiger partial charge is 0.0700 e. The van der Waals surface area contributed by atoms with Crippen molar-refractivity contribution in [2.75, 3.05) is 40.1 Å². The van der Waals surface area contributed by atoms with E-state index in [-0.39, 0.29) is 6.61 Å². The number of methoxy groups -OCH3 is 1. The lowest BCUT2D eigenvalue weighted by molar-refractivity contribution is 0.0487. The van der Waals surface area contributed by atoms with Crippen molar-refractivity contribution in [1.29, 1.82) is 0 Å². The van der Waals surface area contributed by atoms with E-state index < -0.39 is 0 Å². The predicted octanol–water partition coefficient (Wildman–Crippen LogP) is 2.66. The van der Waals surface area contributed by atoms with Crippen molar-refractivity contribution in [2.24, 2.45) is 11.7 Å². The number of hydrogen-bond acceptors (Lipinski definition) is 4. The molecule has 0 heterocycles. The van der Waals surface area contributed by atoms with Crippen molar-refractivity contribution in [3.63, 3.8) is 0 Å². The molecule has 0 aliphatic heterocycles. The lowest BCUT2D eigenvalue weighted by Crippen LogP contribution is -2.21. The first-order valence-electron chi connectivity index (χ1n) is 9.27. The normalized spacial score (nSPS) is 18.4. The third-order valence-electron chi connectivity index (χ3n) is 5.06. The van der Waals surface area contributed by atoms with E-state index in [9.17, 15) is 0 Å². The van der Waals surface area contributed by atoms with Crippen LogP contribution in [0.5, 0.6) is 0 Å². The van der Waals surface area contributed by atoms with Gasteiger partial charge in [-0.25, -0.2) is 0 Å². The first-order valence-corrected chi connectivity index (χ1v) is 9.27. The zero-order chi connectivity index (χ0) is 17.2. The molecule has 0 saturated carbocycles. The summed E-state index contributed by atoms with van der Waals surface area (Å²) in [7, 11) is 1.70. The lowest BCUT2D eigenvalue weighted by atomic mass is 9.81. The van der Waals surface area contributed by atoms with Gasteiger partial charge in [0.2, 0.25) is 0 Å². The number of fused-ring (bicyclic) bond motifs is 1. The van der Waals surface area contributed by atoms with Gasteiger partial charge in [-0.2, -0.15) is 0 Å². The number of aliphatic hydroxyl groups excluding tert-OH is 1. The highest BCUT2D eigenvalue weighted by Crippen LogP contribution is 2.30. The highest BCUT2D eigenvalue weighted by atomic mass is 16.5. The maximum absolute atomic E-state index is 8.95. The van der Waals surface area contributed by atoms with Gasteiger partial charge in [-0.1, -0.05) is 24.6 Å². The first-order chi connectivity index (χ1) is 11.8. The molecule has 0 fully saturated rings. The van der Waals surface area contributed by atoms with Gasteiger partial charge in [-0.05, 0) is 67.2 Å². The molecule has 1 aliphatic carbocycles. The van der Waals surface area contributed by atoms with E-state index >= 15 is 0 Å².